The lowest BCUT2D eigenvalue weighted by atomic mass is 10.2. The van der Waals surface area contributed by atoms with E-state index >= 15 is 0 Å². The number of hydrogen-bond acceptors (Lipinski definition) is 7. The molecule has 0 bridgehead atoms. The first kappa shape index (κ1) is 23.7. The van der Waals surface area contributed by atoms with Gasteiger partial charge in [-0.1, -0.05) is 36.7 Å². The van der Waals surface area contributed by atoms with Gasteiger partial charge in [-0.25, -0.2) is 4.99 Å². The number of carbonyl (C=O) groups excluding carboxylic acids is 2. The van der Waals surface area contributed by atoms with Gasteiger partial charge in [-0.2, -0.15) is 0 Å². The Bertz CT molecular complexity index is 1150. The molecule has 1 aliphatic carbocycles. The van der Waals surface area contributed by atoms with Crippen molar-refractivity contribution in [2.45, 2.75) is 50.3 Å². The first-order valence-electron chi connectivity index (χ1n) is 11.1. The van der Waals surface area contributed by atoms with Crippen molar-refractivity contribution in [2.75, 3.05) is 12.4 Å². The zero-order valence-electron chi connectivity index (χ0n) is 19.0. The lowest BCUT2D eigenvalue weighted by Crippen LogP contribution is -2.40. The minimum absolute atomic E-state index is 0.0780. The number of amidine groups is 1. The van der Waals surface area contributed by atoms with Crippen LogP contribution in [0.3, 0.4) is 0 Å². The lowest BCUT2D eigenvalue weighted by Gasteiger charge is -2.23. The second-order valence-corrected chi connectivity index (χ2v) is 9.55. The molecule has 1 atom stereocenters. The van der Waals surface area contributed by atoms with Crippen molar-refractivity contribution in [3.05, 3.63) is 58.1 Å². The topological polar surface area (TPSA) is 114 Å². The van der Waals surface area contributed by atoms with Gasteiger partial charge in [-0.3, -0.25) is 24.6 Å². The summed E-state index contributed by atoms with van der Waals surface area (Å²) < 4.78 is 5.21. The maximum absolute atomic E-state index is 13.3. The molecule has 10 heteroatoms. The fourth-order valence-corrected chi connectivity index (χ4v) is 5.49. The van der Waals surface area contributed by atoms with E-state index in [-0.39, 0.29) is 29.7 Å². The van der Waals surface area contributed by atoms with Crippen LogP contribution in [0.2, 0.25) is 0 Å². The molecule has 9 nitrogen and oxygen atoms in total. The van der Waals surface area contributed by atoms with Crippen LogP contribution in [0.4, 0.5) is 17.1 Å². The summed E-state index contributed by atoms with van der Waals surface area (Å²) >= 11 is 1.30. The highest BCUT2D eigenvalue weighted by molar-refractivity contribution is 8.15. The van der Waals surface area contributed by atoms with E-state index in [4.69, 9.17) is 9.73 Å². The van der Waals surface area contributed by atoms with Gasteiger partial charge >= 0.3 is 0 Å². The molecule has 0 radical (unpaired) electrons. The Morgan fingerprint density at radius 1 is 1.26 bits per heavy atom. The van der Waals surface area contributed by atoms with E-state index in [1.54, 1.807) is 4.90 Å². The molecule has 2 aliphatic rings. The van der Waals surface area contributed by atoms with Crippen molar-refractivity contribution < 1.29 is 19.2 Å². The van der Waals surface area contributed by atoms with Crippen LogP contribution >= 0.6 is 11.8 Å². The predicted molar refractivity (Wildman–Crippen MR) is 132 cm³/mol. The van der Waals surface area contributed by atoms with E-state index in [1.165, 1.54) is 37.1 Å². The largest absolute Gasteiger partial charge is 0.495 e. The zero-order chi connectivity index (χ0) is 24.2. The molecule has 1 unspecified atom stereocenters. The van der Waals surface area contributed by atoms with E-state index in [1.807, 2.05) is 31.2 Å². The number of aryl methyl sites for hydroxylation is 1. The fourth-order valence-electron chi connectivity index (χ4n) is 4.28. The number of carbonyl (C=O) groups is 2. The minimum Gasteiger partial charge on any atom is -0.495 e. The summed E-state index contributed by atoms with van der Waals surface area (Å²) in [6.07, 6.45) is 3.89. The van der Waals surface area contributed by atoms with E-state index < -0.39 is 16.1 Å². The predicted octanol–water partition coefficient (Wildman–Crippen LogP) is 4.81. The number of benzene rings is 2. The Hall–Kier alpha value is -3.40. The van der Waals surface area contributed by atoms with Crippen molar-refractivity contribution in [3.63, 3.8) is 0 Å². The van der Waals surface area contributed by atoms with Gasteiger partial charge < -0.3 is 10.1 Å². The summed E-state index contributed by atoms with van der Waals surface area (Å²) in [7, 11) is 1.42. The molecule has 2 amide bonds. The van der Waals surface area contributed by atoms with Crippen LogP contribution in [0.25, 0.3) is 0 Å². The molecular weight excluding hydrogens is 456 g/mol. The number of rotatable bonds is 7. The summed E-state index contributed by atoms with van der Waals surface area (Å²) in [6.45, 7) is 1.99. The SMILES string of the molecule is COc1ccc([N+](=O)[O-])cc1NC(=O)CC1SC(=Nc2cccc(C)c2)N(C2CCCC2)C1=O. The number of anilines is 1. The molecule has 0 aromatic heterocycles. The van der Waals surface area contributed by atoms with Crippen LogP contribution < -0.4 is 10.1 Å². The number of hydrogen-bond donors (Lipinski definition) is 1. The summed E-state index contributed by atoms with van der Waals surface area (Å²) in [5, 5.41) is 13.8. The number of nitro groups is 1. The van der Waals surface area contributed by atoms with Crippen molar-refractivity contribution >= 4 is 45.8 Å². The summed E-state index contributed by atoms with van der Waals surface area (Å²) in [6, 6.07) is 11.8. The molecule has 1 heterocycles. The number of ether oxygens (including phenoxy) is 1. The first-order chi connectivity index (χ1) is 16.4. The highest BCUT2D eigenvalue weighted by Gasteiger charge is 2.43. The Balaban J connectivity index is 1.54. The van der Waals surface area contributed by atoms with Gasteiger partial charge in [-0.15, -0.1) is 0 Å². The smallest absolute Gasteiger partial charge is 0.271 e. The Kier molecular flexibility index (Phi) is 7.16. The van der Waals surface area contributed by atoms with Gasteiger partial charge in [0, 0.05) is 24.6 Å². The molecule has 4 rings (SSSR count). The van der Waals surface area contributed by atoms with Crippen LogP contribution in [-0.4, -0.2) is 45.2 Å². The molecule has 1 saturated heterocycles. The normalized spacial score (nSPS) is 19.6. The monoisotopic (exact) mass is 482 g/mol. The lowest BCUT2D eigenvalue weighted by molar-refractivity contribution is -0.384. The zero-order valence-corrected chi connectivity index (χ0v) is 19.8. The Morgan fingerprint density at radius 2 is 2.03 bits per heavy atom. The molecule has 0 spiro atoms. The standard InChI is InChI=1S/C24H26N4O5S/c1-15-6-5-7-16(12-15)25-24-27(17-8-3-4-9-17)23(30)21(34-24)14-22(29)26-19-13-18(28(31)32)10-11-20(19)33-2/h5-7,10-13,17,21H,3-4,8-9,14H2,1-2H3,(H,26,29). The number of non-ortho nitro benzene ring substituents is 1. The van der Waals surface area contributed by atoms with Crippen LogP contribution in [0, 0.1) is 17.0 Å². The number of nitrogens with one attached hydrogen (secondary N) is 1. The van der Waals surface area contributed by atoms with Gasteiger partial charge in [0.1, 0.15) is 11.0 Å². The number of amides is 2. The van der Waals surface area contributed by atoms with Crippen LogP contribution in [-0.2, 0) is 9.59 Å². The van der Waals surface area contributed by atoms with Crippen molar-refractivity contribution in [1.82, 2.24) is 4.90 Å². The van der Waals surface area contributed by atoms with E-state index in [0.717, 1.165) is 36.9 Å². The average Bonchev–Trinajstić information content (AvgIpc) is 3.42. The van der Waals surface area contributed by atoms with Gasteiger partial charge in [0.15, 0.2) is 5.17 Å². The Morgan fingerprint density at radius 3 is 2.71 bits per heavy atom. The second kappa shape index (κ2) is 10.3. The number of nitro benzene ring substituents is 1. The van der Waals surface area contributed by atoms with Crippen molar-refractivity contribution in [3.8, 4) is 5.75 Å². The highest BCUT2D eigenvalue weighted by atomic mass is 32.2. The maximum Gasteiger partial charge on any atom is 0.271 e. The van der Waals surface area contributed by atoms with Gasteiger partial charge in [0.25, 0.3) is 5.69 Å². The number of aliphatic imine (C=N–C) groups is 1. The number of nitrogens with zero attached hydrogens (tertiary/aromatic N) is 3. The third-order valence-electron chi connectivity index (χ3n) is 5.92. The molecule has 1 saturated carbocycles. The van der Waals surface area contributed by atoms with E-state index in [9.17, 15) is 19.7 Å². The summed E-state index contributed by atoms with van der Waals surface area (Å²) in [5.74, 6) is -0.240. The van der Waals surface area contributed by atoms with Gasteiger partial charge in [0.2, 0.25) is 11.8 Å². The molecule has 2 aromatic carbocycles. The molecule has 178 valence electrons. The molecular formula is C24H26N4O5S. The van der Waals surface area contributed by atoms with Crippen LogP contribution in [0.5, 0.6) is 5.75 Å². The highest BCUT2D eigenvalue weighted by Crippen LogP contribution is 2.37. The Labute approximate surface area is 201 Å². The van der Waals surface area contributed by atoms with Gasteiger partial charge in [0.05, 0.1) is 23.4 Å². The van der Waals surface area contributed by atoms with E-state index in [2.05, 4.69) is 5.32 Å². The van der Waals surface area contributed by atoms with E-state index in [0.29, 0.717) is 10.9 Å². The maximum atomic E-state index is 13.3. The van der Waals surface area contributed by atoms with Gasteiger partial charge in [-0.05, 0) is 43.5 Å². The molecule has 34 heavy (non-hydrogen) atoms. The minimum atomic E-state index is -0.617. The number of methoxy groups -OCH3 is 1. The number of thioether (sulfide) groups is 1. The van der Waals surface area contributed by atoms with Crippen LogP contribution in [0.15, 0.2) is 47.5 Å². The molecule has 2 aromatic rings. The second-order valence-electron chi connectivity index (χ2n) is 8.38. The third kappa shape index (κ3) is 5.22. The molecule has 2 fully saturated rings. The fraction of sp³-hybridized carbons (Fsp3) is 0.375. The van der Waals surface area contributed by atoms with Crippen molar-refractivity contribution in [2.24, 2.45) is 4.99 Å². The summed E-state index contributed by atoms with van der Waals surface area (Å²) in [5.41, 5.74) is 1.87. The quantitative estimate of drug-likeness (QED) is 0.447. The average molecular weight is 483 g/mol. The third-order valence-corrected chi connectivity index (χ3v) is 7.07. The van der Waals surface area contributed by atoms with Crippen molar-refractivity contribution in [1.29, 1.82) is 0 Å². The summed E-state index contributed by atoms with van der Waals surface area (Å²) in [4.78, 5) is 43.3. The molecule has 1 aliphatic heterocycles. The first-order valence-corrected chi connectivity index (χ1v) is 12.0. The molecule has 1 N–H and O–H groups in total. The van der Waals surface area contributed by atoms with Crippen LogP contribution in [0.1, 0.15) is 37.7 Å².